The number of nitrogens with zero attached hydrogens (tertiary/aromatic N) is 2. The topological polar surface area (TPSA) is 31.4 Å². The van der Waals surface area contributed by atoms with E-state index in [1.807, 2.05) is 0 Å². The molecule has 2 aromatic carbocycles. The lowest BCUT2D eigenvalue weighted by atomic mass is 9.96. The van der Waals surface area contributed by atoms with Crippen molar-refractivity contribution in [1.29, 1.82) is 0 Å². The first kappa shape index (κ1) is 15.4. The Balaban J connectivity index is 1.69. The summed E-state index contributed by atoms with van der Waals surface area (Å²) in [6.45, 7) is 4.46. The van der Waals surface area contributed by atoms with Gasteiger partial charge in [-0.25, -0.2) is 0 Å². The van der Waals surface area contributed by atoms with Crippen LogP contribution in [-0.4, -0.2) is 16.4 Å². The number of aromatic nitrogens is 1. The number of rotatable bonds is 1. The Kier molecular flexibility index (Phi) is 3.33. The number of aliphatic imine (C=N–C) groups is 1. The van der Waals surface area contributed by atoms with Gasteiger partial charge in [-0.2, -0.15) is 0 Å². The zero-order valence-electron chi connectivity index (χ0n) is 15.2. The highest BCUT2D eigenvalue weighted by Crippen LogP contribution is 2.41. The first-order valence-corrected chi connectivity index (χ1v) is 9.34. The van der Waals surface area contributed by atoms with Gasteiger partial charge in [-0.3, -0.25) is 4.99 Å². The first-order chi connectivity index (χ1) is 12.6. The SMILES string of the molecule is CC1(C)CCC(N2c3ccccc3C=CC2c2c[nH]c3ccccc23)=N1. The molecule has 2 aliphatic rings. The molecular weight excluding hydrogens is 318 g/mol. The van der Waals surface area contributed by atoms with E-state index in [9.17, 15) is 0 Å². The van der Waals surface area contributed by atoms with E-state index in [2.05, 4.69) is 90.6 Å². The number of para-hydroxylation sites is 2. The zero-order valence-corrected chi connectivity index (χ0v) is 15.2. The lowest BCUT2D eigenvalue weighted by Crippen LogP contribution is -2.35. The maximum Gasteiger partial charge on any atom is 0.105 e. The number of H-pyrrole nitrogens is 1. The molecule has 0 spiro atoms. The third-order valence-electron chi connectivity index (χ3n) is 5.54. The molecule has 1 N–H and O–H groups in total. The first-order valence-electron chi connectivity index (χ1n) is 9.34. The van der Waals surface area contributed by atoms with Crippen molar-refractivity contribution < 1.29 is 0 Å². The Morgan fingerprint density at radius 1 is 1.08 bits per heavy atom. The van der Waals surface area contributed by atoms with Crippen molar-refractivity contribution in [2.24, 2.45) is 4.99 Å². The van der Waals surface area contributed by atoms with E-state index >= 15 is 0 Å². The van der Waals surface area contributed by atoms with E-state index in [4.69, 9.17) is 4.99 Å². The molecule has 0 bridgehead atoms. The Labute approximate surface area is 154 Å². The van der Waals surface area contributed by atoms with E-state index in [-0.39, 0.29) is 11.6 Å². The summed E-state index contributed by atoms with van der Waals surface area (Å²) in [4.78, 5) is 11.0. The number of nitrogens with one attached hydrogen (secondary N) is 1. The van der Waals surface area contributed by atoms with Gasteiger partial charge < -0.3 is 9.88 Å². The number of benzene rings is 2. The van der Waals surface area contributed by atoms with Gasteiger partial charge in [0, 0.05) is 29.1 Å². The monoisotopic (exact) mass is 341 g/mol. The third kappa shape index (κ3) is 2.38. The summed E-state index contributed by atoms with van der Waals surface area (Å²) in [7, 11) is 0. The highest BCUT2D eigenvalue weighted by molar-refractivity contribution is 6.03. The van der Waals surface area contributed by atoms with Crippen molar-refractivity contribution in [3.63, 3.8) is 0 Å². The van der Waals surface area contributed by atoms with Crippen molar-refractivity contribution >= 4 is 28.5 Å². The highest BCUT2D eigenvalue weighted by atomic mass is 15.2. The standard InChI is InChI=1S/C23H23N3/c1-23(2)14-13-22(25-23)26-20-10-6-3-7-16(20)11-12-21(26)18-15-24-19-9-5-4-8-17(18)19/h3-12,15,21,24H,13-14H2,1-2H3. The van der Waals surface area contributed by atoms with Crippen molar-refractivity contribution in [3.05, 3.63) is 71.9 Å². The molecular formula is C23H23N3. The molecule has 0 fully saturated rings. The fourth-order valence-electron chi connectivity index (χ4n) is 4.21. The number of anilines is 1. The molecule has 0 radical (unpaired) electrons. The van der Waals surface area contributed by atoms with Crippen LogP contribution >= 0.6 is 0 Å². The summed E-state index contributed by atoms with van der Waals surface area (Å²) in [5.74, 6) is 1.20. The van der Waals surface area contributed by atoms with Crippen LogP contribution in [0.4, 0.5) is 5.69 Å². The number of fused-ring (bicyclic) bond motifs is 2. The van der Waals surface area contributed by atoms with Crippen LogP contribution in [0.2, 0.25) is 0 Å². The largest absolute Gasteiger partial charge is 0.361 e. The molecule has 0 saturated carbocycles. The molecule has 3 aromatic rings. The molecule has 2 aliphatic heterocycles. The van der Waals surface area contributed by atoms with Crippen LogP contribution in [0.5, 0.6) is 0 Å². The summed E-state index contributed by atoms with van der Waals surface area (Å²) in [6, 6.07) is 17.3. The van der Waals surface area contributed by atoms with Crippen molar-refractivity contribution in [3.8, 4) is 0 Å². The smallest absolute Gasteiger partial charge is 0.105 e. The van der Waals surface area contributed by atoms with Gasteiger partial charge in [0.15, 0.2) is 0 Å². The third-order valence-corrected chi connectivity index (χ3v) is 5.54. The van der Waals surface area contributed by atoms with Crippen LogP contribution in [-0.2, 0) is 0 Å². The molecule has 1 aromatic heterocycles. The molecule has 3 nitrogen and oxygen atoms in total. The van der Waals surface area contributed by atoms with Crippen molar-refractivity contribution in [2.45, 2.75) is 38.3 Å². The molecule has 130 valence electrons. The van der Waals surface area contributed by atoms with Gasteiger partial charge in [0.25, 0.3) is 0 Å². The summed E-state index contributed by atoms with van der Waals surface area (Å²) in [6.07, 6.45) is 8.84. The maximum absolute atomic E-state index is 5.08. The molecule has 1 atom stereocenters. The average molecular weight is 341 g/mol. The van der Waals surface area contributed by atoms with E-state index in [1.165, 1.54) is 33.6 Å². The number of aromatic amines is 1. The summed E-state index contributed by atoms with van der Waals surface area (Å²) < 4.78 is 0. The molecule has 3 heterocycles. The van der Waals surface area contributed by atoms with Crippen LogP contribution in [0, 0.1) is 0 Å². The van der Waals surface area contributed by atoms with Crippen LogP contribution in [0.1, 0.15) is 43.9 Å². The van der Waals surface area contributed by atoms with E-state index in [0.29, 0.717) is 0 Å². The van der Waals surface area contributed by atoms with Gasteiger partial charge in [-0.05, 0) is 38.0 Å². The summed E-state index contributed by atoms with van der Waals surface area (Å²) in [5.41, 5.74) is 5.02. The van der Waals surface area contributed by atoms with E-state index < -0.39 is 0 Å². The van der Waals surface area contributed by atoms with Gasteiger partial charge in [-0.15, -0.1) is 0 Å². The van der Waals surface area contributed by atoms with E-state index in [0.717, 1.165) is 12.8 Å². The molecule has 0 amide bonds. The van der Waals surface area contributed by atoms with Gasteiger partial charge in [0.05, 0.1) is 17.3 Å². The molecule has 0 aliphatic carbocycles. The Bertz CT molecular complexity index is 1040. The molecule has 5 rings (SSSR count). The minimum absolute atomic E-state index is 0.0240. The van der Waals surface area contributed by atoms with Gasteiger partial charge >= 0.3 is 0 Å². The van der Waals surface area contributed by atoms with E-state index in [1.54, 1.807) is 0 Å². The second-order valence-corrected chi connectivity index (χ2v) is 7.86. The van der Waals surface area contributed by atoms with Crippen molar-refractivity contribution in [1.82, 2.24) is 4.98 Å². The zero-order chi connectivity index (χ0) is 17.7. The van der Waals surface area contributed by atoms with Crippen LogP contribution in [0.25, 0.3) is 17.0 Å². The summed E-state index contributed by atoms with van der Waals surface area (Å²) in [5, 5.41) is 1.28. The Morgan fingerprint density at radius 3 is 2.73 bits per heavy atom. The maximum atomic E-state index is 5.08. The average Bonchev–Trinajstić information content (AvgIpc) is 3.23. The lowest BCUT2D eigenvalue weighted by Gasteiger charge is -2.35. The van der Waals surface area contributed by atoms with Crippen LogP contribution in [0.3, 0.4) is 0 Å². The van der Waals surface area contributed by atoms with Gasteiger partial charge in [0.1, 0.15) is 5.84 Å². The Hall–Kier alpha value is -2.81. The minimum Gasteiger partial charge on any atom is -0.361 e. The molecule has 0 saturated heterocycles. The molecule has 3 heteroatoms. The molecule has 26 heavy (non-hydrogen) atoms. The van der Waals surface area contributed by atoms with Crippen LogP contribution < -0.4 is 4.90 Å². The second kappa shape index (κ2) is 5.60. The summed E-state index contributed by atoms with van der Waals surface area (Å²) >= 11 is 0. The molecule has 1 unspecified atom stereocenters. The normalized spacial score (nSPS) is 21.1. The van der Waals surface area contributed by atoms with Crippen molar-refractivity contribution in [2.75, 3.05) is 4.90 Å². The fourth-order valence-corrected chi connectivity index (χ4v) is 4.21. The second-order valence-electron chi connectivity index (χ2n) is 7.86. The highest BCUT2D eigenvalue weighted by Gasteiger charge is 2.34. The predicted molar refractivity (Wildman–Crippen MR) is 110 cm³/mol. The van der Waals surface area contributed by atoms with Gasteiger partial charge in [-0.1, -0.05) is 48.6 Å². The number of hydrogen-bond donors (Lipinski definition) is 1. The van der Waals surface area contributed by atoms with Crippen LogP contribution in [0.15, 0.2) is 65.8 Å². The quantitative estimate of drug-likeness (QED) is 0.603. The minimum atomic E-state index is 0.0240. The number of amidine groups is 1. The Morgan fingerprint density at radius 2 is 1.88 bits per heavy atom. The predicted octanol–water partition coefficient (Wildman–Crippen LogP) is 5.71. The fraction of sp³-hybridized carbons (Fsp3) is 0.261. The lowest BCUT2D eigenvalue weighted by molar-refractivity contribution is 0.522. The number of hydrogen-bond acceptors (Lipinski definition) is 2. The van der Waals surface area contributed by atoms with Gasteiger partial charge in [0.2, 0.25) is 0 Å².